The lowest BCUT2D eigenvalue weighted by molar-refractivity contribution is -0.133. The van der Waals surface area contributed by atoms with Crippen LogP contribution in [0.4, 0.5) is 16.2 Å². The number of urea groups is 1. The molecule has 0 spiro atoms. The van der Waals surface area contributed by atoms with Gasteiger partial charge in [-0.15, -0.1) is 0 Å². The smallest absolute Gasteiger partial charge is 0.325 e. The lowest BCUT2D eigenvalue weighted by Gasteiger charge is -2.28. The number of hydrogen-bond donors (Lipinski definition) is 2. The molecule has 7 nitrogen and oxygen atoms in total. The van der Waals surface area contributed by atoms with Crippen molar-refractivity contribution in [2.24, 2.45) is 0 Å². The number of carbonyl (C=O) groups is 3. The molecule has 7 heteroatoms. The zero-order chi connectivity index (χ0) is 20.6. The number of imide groups is 1. The van der Waals surface area contributed by atoms with E-state index >= 15 is 0 Å². The summed E-state index contributed by atoms with van der Waals surface area (Å²) in [5, 5.41) is 5.52. The van der Waals surface area contributed by atoms with Crippen molar-refractivity contribution in [3.05, 3.63) is 59.7 Å². The summed E-state index contributed by atoms with van der Waals surface area (Å²) in [6.45, 7) is 2.30. The van der Waals surface area contributed by atoms with Gasteiger partial charge in [-0.2, -0.15) is 0 Å². The number of benzene rings is 2. The van der Waals surface area contributed by atoms with E-state index < -0.39 is 23.4 Å². The average molecular weight is 392 g/mol. The van der Waals surface area contributed by atoms with Gasteiger partial charge in [-0.25, -0.2) is 4.79 Å². The molecule has 4 rings (SSSR count). The van der Waals surface area contributed by atoms with Crippen molar-refractivity contribution in [1.29, 1.82) is 0 Å². The van der Waals surface area contributed by atoms with Gasteiger partial charge < -0.3 is 15.5 Å². The third-order valence-corrected chi connectivity index (χ3v) is 5.65. The monoisotopic (exact) mass is 392 g/mol. The Morgan fingerprint density at radius 1 is 1.17 bits per heavy atom. The normalized spacial score (nSPS) is 21.0. The van der Waals surface area contributed by atoms with E-state index in [0.717, 1.165) is 30.0 Å². The molecule has 4 amide bonds. The Morgan fingerprint density at radius 2 is 1.93 bits per heavy atom. The van der Waals surface area contributed by atoms with Gasteiger partial charge in [0.15, 0.2) is 0 Å². The molecule has 0 unspecified atom stereocenters. The molecule has 2 aromatic carbocycles. The zero-order valence-corrected chi connectivity index (χ0v) is 16.6. The first-order chi connectivity index (χ1) is 13.9. The van der Waals surface area contributed by atoms with E-state index in [2.05, 4.69) is 15.5 Å². The third-order valence-electron chi connectivity index (χ3n) is 5.65. The van der Waals surface area contributed by atoms with E-state index in [9.17, 15) is 14.4 Å². The van der Waals surface area contributed by atoms with Crippen LogP contribution in [0, 0.1) is 0 Å². The number of anilines is 2. The Hall–Kier alpha value is -3.35. The van der Waals surface area contributed by atoms with Crippen LogP contribution in [0.5, 0.6) is 0 Å². The van der Waals surface area contributed by atoms with Crippen molar-refractivity contribution in [1.82, 2.24) is 10.2 Å². The van der Waals surface area contributed by atoms with Gasteiger partial charge in [-0.3, -0.25) is 14.5 Å². The first-order valence-corrected chi connectivity index (χ1v) is 9.72. The molecule has 0 aliphatic carbocycles. The van der Waals surface area contributed by atoms with Crippen molar-refractivity contribution >= 4 is 29.2 Å². The number of carbonyl (C=O) groups excluding carboxylic acids is 3. The molecule has 150 valence electrons. The maximum absolute atomic E-state index is 12.9. The molecule has 1 fully saturated rings. The summed E-state index contributed by atoms with van der Waals surface area (Å²) in [7, 11) is 2.03. The largest absolute Gasteiger partial charge is 0.374 e. The van der Waals surface area contributed by atoms with Crippen LogP contribution in [0.1, 0.15) is 24.5 Å². The third kappa shape index (κ3) is 3.44. The quantitative estimate of drug-likeness (QED) is 0.784. The van der Waals surface area contributed by atoms with Crippen LogP contribution in [0.2, 0.25) is 0 Å². The highest BCUT2D eigenvalue weighted by molar-refractivity contribution is 6.10. The maximum Gasteiger partial charge on any atom is 0.325 e. The van der Waals surface area contributed by atoms with E-state index in [1.165, 1.54) is 5.56 Å². The minimum atomic E-state index is -1.17. The van der Waals surface area contributed by atoms with Crippen LogP contribution in [0.15, 0.2) is 48.5 Å². The number of nitrogens with one attached hydrogen (secondary N) is 2. The summed E-state index contributed by atoms with van der Waals surface area (Å²) in [5.41, 5.74) is 2.51. The average Bonchev–Trinajstić information content (AvgIpc) is 2.93. The van der Waals surface area contributed by atoms with Gasteiger partial charge in [0.1, 0.15) is 12.1 Å². The molecule has 2 aromatic rings. The van der Waals surface area contributed by atoms with Crippen molar-refractivity contribution in [3.8, 4) is 0 Å². The Morgan fingerprint density at radius 3 is 2.69 bits per heavy atom. The fraction of sp³-hybridized carbons (Fsp3) is 0.318. The second kappa shape index (κ2) is 7.24. The summed E-state index contributed by atoms with van der Waals surface area (Å²) in [6, 6.07) is 14.3. The number of rotatable bonds is 4. The van der Waals surface area contributed by atoms with Gasteiger partial charge in [0, 0.05) is 25.0 Å². The Balaban J connectivity index is 1.47. The SMILES string of the molecule is CN1CCCc2ccc(NC(=O)CN3C(=O)N[C@@](C)(c4ccccc4)C3=O)cc21. The lowest BCUT2D eigenvalue weighted by atomic mass is 9.92. The van der Waals surface area contributed by atoms with Crippen LogP contribution in [-0.2, 0) is 21.5 Å². The predicted octanol–water partition coefficient (Wildman–Crippen LogP) is 2.47. The lowest BCUT2D eigenvalue weighted by Crippen LogP contribution is -2.42. The van der Waals surface area contributed by atoms with Gasteiger partial charge >= 0.3 is 6.03 Å². The molecular weight excluding hydrogens is 368 g/mol. The van der Waals surface area contributed by atoms with Crippen LogP contribution < -0.4 is 15.5 Å². The number of amides is 4. The van der Waals surface area contributed by atoms with Crippen molar-refractivity contribution < 1.29 is 14.4 Å². The van der Waals surface area contributed by atoms with Crippen molar-refractivity contribution in [2.75, 3.05) is 30.4 Å². The minimum absolute atomic E-state index is 0.333. The number of hydrogen-bond acceptors (Lipinski definition) is 4. The Kier molecular flexibility index (Phi) is 4.74. The van der Waals surface area contributed by atoms with E-state index in [1.54, 1.807) is 19.1 Å². The fourth-order valence-corrected chi connectivity index (χ4v) is 3.99. The summed E-state index contributed by atoms with van der Waals surface area (Å²) in [5.74, 6) is -0.849. The van der Waals surface area contributed by atoms with E-state index in [-0.39, 0.29) is 6.54 Å². The topological polar surface area (TPSA) is 81.8 Å². The van der Waals surface area contributed by atoms with Crippen LogP contribution in [0.25, 0.3) is 0 Å². The van der Waals surface area contributed by atoms with E-state index in [1.807, 2.05) is 43.4 Å². The highest BCUT2D eigenvalue weighted by Gasteiger charge is 2.49. The van der Waals surface area contributed by atoms with Gasteiger partial charge in [-0.05, 0) is 43.0 Å². The van der Waals surface area contributed by atoms with E-state index in [0.29, 0.717) is 11.3 Å². The molecule has 0 bridgehead atoms. The molecule has 1 atom stereocenters. The first-order valence-electron chi connectivity index (χ1n) is 9.72. The summed E-state index contributed by atoms with van der Waals surface area (Å²) >= 11 is 0. The van der Waals surface area contributed by atoms with E-state index in [4.69, 9.17) is 0 Å². The number of fused-ring (bicyclic) bond motifs is 1. The molecule has 2 N–H and O–H groups in total. The predicted molar refractivity (Wildman–Crippen MR) is 111 cm³/mol. The standard InChI is InChI=1S/C22H24N4O3/c1-22(16-8-4-3-5-9-16)20(28)26(21(29)24-22)14-19(27)23-17-11-10-15-7-6-12-25(2)18(15)13-17/h3-5,8-11,13H,6-7,12,14H2,1-2H3,(H,23,27)(H,24,29)/t22-/m0/s1. The Labute approximate surface area is 169 Å². The van der Waals surface area contributed by atoms with Crippen LogP contribution in [-0.4, -0.2) is 42.9 Å². The Bertz CT molecular complexity index is 975. The van der Waals surface area contributed by atoms with Gasteiger partial charge in [-0.1, -0.05) is 36.4 Å². The summed E-state index contributed by atoms with van der Waals surface area (Å²) in [4.78, 5) is 41.0. The second-order valence-corrected chi connectivity index (χ2v) is 7.73. The maximum atomic E-state index is 12.9. The second-order valence-electron chi connectivity index (χ2n) is 7.73. The van der Waals surface area contributed by atoms with Crippen molar-refractivity contribution in [2.45, 2.75) is 25.3 Å². The van der Waals surface area contributed by atoms with Gasteiger partial charge in [0.2, 0.25) is 5.91 Å². The van der Waals surface area contributed by atoms with Crippen LogP contribution in [0.3, 0.4) is 0 Å². The summed E-state index contributed by atoms with van der Waals surface area (Å²) in [6.07, 6.45) is 2.13. The van der Waals surface area contributed by atoms with Crippen molar-refractivity contribution in [3.63, 3.8) is 0 Å². The molecule has 29 heavy (non-hydrogen) atoms. The molecule has 0 radical (unpaired) electrons. The molecular formula is C22H24N4O3. The first kappa shape index (κ1) is 19.0. The zero-order valence-electron chi connectivity index (χ0n) is 16.6. The molecule has 2 heterocycles. The molecule has 2 aliphatic rings. The minimum Gasteiger partial charge on any atom is -0.374 e. The molecule has 0 aromatic heterocycles. The summed E-state index contributed by atoms with van der Waals surface area (Å²) < 4.78 is 0. The highest BCUT2D eigenvalue weighted by atomic mass is 16.2. The molecule has 2 aliphatic heterocycles. The van der Waals surface area contributed by atoms with Gasteiger partial charge in [0.25, 0.3) is 5.91 Å². The molecule has 0 saturated carbocycles. The van der Waals surface area contributed by atoms with Gasteiger partial charge in [0.05, 0.1) is 0 Å². The highest BCUT2D eigenvalue weighted by Crippen LogP contribution is 2.30. The van der Waals surface area contributed by atoms with Crippen LogP contribution >= 0.6 is 0 Å². The number of nitrogens with zero attached hydrogens (tertiary/aromatic N) is 2. The number of aryl methyl sites for hydroxylation is 1. The fourth-order valence-electron chi connectivity index (χ4n) is 3.99. The molecule has 1 saturated heterocycles.